The number of imidazole rings is 1. The Kier molecular flexibility index (Phi) is 9.66. The minimum Gasteiger partial charge on any atom is -0.328 e. The molecule has 0 aliphatic carbocycles. The monoisotopic (exact) mass is 664 g/mol. The van der Waals surface area contributed by atoms with Gasteiger partial charge >= 0.3 is 17.9 Å². The third-order valence-electron chi connectivity index (χ3n) is 7.83. The van der Waals surface area contributed by atoms with Gasteiger partial charge in [-0.05, 0) is 74.9 Å². The SMILES string of the molecule is Cc1c(-c2ccnn2-c2ccc(C#N)cc2)n(C(=O)NC(C)(C)c2cc[n+](C)cc2)c(=O)n1-c1cccc(C(F)(F)F)c1.c1ccccc1. The van der Waals surface area contributed by atoms with Crippen molar-refractivity contribution in [3.63, 3.8) is 0 Å². The van der Waals surface area contributed by atoms with Crippen molar-refractivity contribution in [1.82, 2.24) is 24.2 Å². The first-order chi connectivity index (χ1) is 23.3. The van der Waals surface area contributed by atoms with E-state index in [0.717, 1.165) is 26.8 Å². The van der Waals surface area contributed by atoms with Crippen LogP contribution in [0.4, 0.5) is 18.0 Å². The maximum Gasteiger partial charge on any atom is 0.416 e. The van der Waals surface area contributed by atoms with Gasteiger partial charge in [-0.3, -0.25) is 4.57 Å². The number of carbonyl (C=O) groups excluding carboxylic acids is 1. The molecule has 6 rings (SSSR count). The third-order valence-corrected chi connectivity index (χ3v) is 7.83. The summed E-state index contributed by atoms with van der Waals surface area (Å²) in [4.78, 5) is 28.0. The van der Waals surface area contributed by atoms with Gasteiger partial charge in [-0.25, -0.2) is 23.4 Å². The summed E-state index contributed by atoms with van der Waals surface area (Å²) in [6.45, 7) is 5.12. The lowest BCUT2D eigenvalue weighted by Crippen LogP contribution is -2.46. The maximum atomic E-state index is 14.0. The minimum atomic E-state index is -4.64. The van der Waals surface area contributed by atoms with Gasteiger partial charge in [-0.15, -0.1) is 0 Å². The van der Waals surface area contributed by atoms with Crippen LogP contribution in [0.2, 0.25) is 0 Å². The summed E-state index contributed by atoms with van der Waals surface area (Å²) in [5.74, 6) is 0. The Hall–Kier alpha value is -6.22. The molecule has 1 amide bonds. The highest BCUT2D eigenvalue weighted by atomic mass is 19.4. The minimum absolute atomic E-state index is 0.0515. The zero-order chi connectivity index (χ0) is 35.3. The van der Waals surface area contributed by atoms with Crippen LogP contribution >= 0.6 is 0 Å². The topological polar surface area (TPSA) is 102 Å². The van der Waals surface area contributed by atoms with Crippen LogP contribution < -0.4 is 15.6 Å². The number of hydrogen-bond donors (Lipinski definition) is 1. The van der Waals surface area contributed by atoms with E-state index in [2.05, 4.69) is 10.4 Å². The number of nitriles is 1. The van der Waals surface area contributed by atoms with Crippen LogP contribution in [0, 0.1) is 18.3 Å². The van der Waals surface area contributed by atoms with Gasteiger partial charge in [0.25, 0.3) is 0 Å². The number of pyridine rings is 1. The number of halogens is 3. The first-order valence-electron chi connectivity index (χ1n) is 15.2. The average molecular weight is 665 g/mol. The van der Waals surface area contributed by atoms with E-state index in [9.17, 15) is 28.0 Å². The van der Waals surface area contributed by atoms with Gasteiger partial charge < -0.3 is 5.32 Å². The fourth-order valence-electron chi connectivity index (χ4n) is 5.28. The molecule has 12 heteroatoms. The summed E-state index contributed by atoms with van der Waals surface area (Å²) in [5, 5.41) is 16.5. The molecule has 1 N–H and O–H groups in total. The van der Waals surface area contributed by atoms with Crippen molar-refractivity contribution < 1.29 is 22.5 Å². The summed E-state index contributed by atoms with van der Waals surface area (Å²) in [5.41, 5.74) is -0.333. The Labute approximate surface area is 280 Å². The molecule has 0 spiro atoms. The molecule has 6 aromatic rings. The lowest BCUT2D eigenvalue weighted by molar-refractivity contribution is -0.671. The number of rotatable bonds is 5. The standard InChI is InChI=1S/C31H26F3N7O2.C6H6/c1-20-27(26-12-15-36-41(26)24-10-8-21(19-35)9-11-24)40(28(42)37-30(2,3)22-13-16-38(4)17-14-22)29(43)39(20)25-7-5-6-23(18-25)31(32,33)34;1-2-4-6-5-3-1/h5-18H,1-4H3;1-6H/p+1. The molecule has 0 saturated heterocycles. The van der Waals surface area contributed by atoms with Crippen molar-refractivity contribution in [2.45, 2.75) is 32.5 Å². The number of carbonyl (C=O) groups is 1. The Morgan fingerprint density at radius 1 is 0.857 bits per heavy atom. The third kappa shape index (κ3) is 7.36. The molecule has 0 atom stereocenters. The largest absolute Gasteiger partial charge is 0.416 e. The van der Waals surface area contributed by atoms with Gasteiger partial charge in [0.1, 0.15) is 12.7 Å². The molecule has 3 heterocycles. The van der Waals surface area contributed by atoms with Gasteiger partial charge in [-0.1, -0.05) is 42.5 Å². The highest BCUT2D eigenvalue weighted by Crippen LogP contribution is 2.32. The molecule has 0 radical (unpaired) electrons. The van der Waals surface area contributed by atoms with Crippen LogP contribution in [-0.4, -0.2) is 24.9 Å². The van der Waals surface area contributed by atoms with Crippen LogP contribution in [0.5, 0.6) is 0 Å². The molecule has 0 aliphatic heterocycles. The summed E-state index contributed by atoms with van der Waals surface area (Å²) in [6, 6.07) is 29.4. The summed E-state index contributed by atoms with van der Waals surface area (Å²) >= 11 is 0. The molecule has 248 valence electrons. The van der Waals surface area contributed by atoms with Crippen LogP contribution in [-0.2, 0) is 18.8 Å². The lowest BCUT2D eigenvalue weighted by Gasteiger charge is -2.26. The number of aryl methyl sites for hydroxylation is 1. The number of amides is 1. The first kappa shape index (κ1) is 34.1. The van der Waals surface area contributed by atoms with Crippen molar-refractivity contribution in [3.8, 4) is 28.8 Å². The number of nitrogens with one attached hydrogen (secondary N) is 1. The van der Waals surface area contributed by atoms with Crippen molar-refractivity contribution in [2.24, 2.45) is 7.05 Å². The number of aromatic nitrogens is 5. The Balaban J connectivity index is 0.000000704. The maximum absolute atomic E-state index is 14.0. The van der Waals surface area contributed by atoms with E-state index in [1.54, 1.807) is 51.1 Å². The fraction of sp³-hybridized carbons (Fsp3) is 0.162. The quantitative estimate of drug-likeness (QED) is 0.208. The molecule has 9 nitrogen and oxygen atoms in total. The zero-order valence-corrected chi connectivity index (χ0v) is 27.2. The molecule has 0 unspecified atom stereocenters. The molecule has 0 aliphatic rings. The van der Waals surface area contributed by atoms with Crippen LogP contribution in [0.1, 0.15) is 36.2 Å². The number of alkyl halides is 3. The van der Waals surface area contributed by atoms with E-state index < -0.39 is 29.0 Å². The molecule has 49 heavy (non-hydrogen) atoms. The zero-order valence-electron chi connectivity index (χ0n) is 27.2. The summed E-state index contributed by atoms with van der Waals surface area (Å²) < 4.78 is 46.1. The molecule has 0 fully saturated rings. The van der Waals surface area contributed by atoms with Crippen molar-refractivity contribution in [1.29, 1.82) is 5.26 Å². The van der Waals surface area contributed by atoms with Crippen LogP contribution in [0.25, 0.3) is 22.8 Å². The Morgan fingerprint density at radius 2 is 1.47 bits per heavy atom. The molecule has 0 saturated carbocycles. The highest BCUT2D eigenvalue weighted by molar-refractivity contribution is 5.84. The van der Waals surface area contributed by atoms with E-state index >= 15 is 0 Å². The van der Waals surface area contributed by atoms with Crippen molar-refractivity contribution >= 4 is 6.03 Å². The second kappa shape index (κ2) is 13.9. The molecular formula is C37H33F3N7O2+. The van der Waals surface area contributed by atoms with Gasteiger partial charge in [0.05, 0.1) is 51.7 Å². The molecule has 0 bridgehead atoms. The number of benzene rings is 3. The lowest BCUT2D eigenvalue weighted by atomic mass is 9.95. The summed E-state index contributed by atoms with van der Waals surface area (Å²) in [7, 11) is 1.86. The molecule has 3 aromatic carbocycles. The van der Waals surface area contributed by atoms with E-state index in [4.69, 9.17) is 0 Å². The number of hydrogen-bond acceptors (Lipinski definition) is 4. The second-order valence-corrected chi connectivity index (χ2v) is 11.7. The van der Waals surface area contributed by atoms with Gasteiger partial charge in [0.2, 0.25) is 0 Å². The molecular weight excluding hydrogens is 631 g/mol. The van der Waals surface area contributed by atoms with Gasteiger partial charge in [0.15, 0.2) is 12.4 Å². The van der Waals surface area contributed by atoms with Crippen LogP contribution in [0.15, 0.2) is 127 Å². The van der Waals surface area contributed by atoms with Crippen molar-refractivity contribution in [3.05, 3.63) is 155 Å². The van der Waals surface area contributed by atoms with E-state index in [1.165, 1.54) is 23.0 Å². The van der Waals surface area contributed by atoms with E-state index in [1.807, 2.05) is 78.6 Å². The fourth-order valence-corrected chi connectivity index (χ4v) is 5.28. The normalized spacial score (nSPS) is 11.3. The predicted molar refractivity (Wildman–Crippen MR) is 178 cm³/mol. The van der Waals surface area contributed by atoms with E-state index in [-0.39, 0.29) is 17.1 Å². The Bertz CT molecular complexity index is 2150. The predicted octanol–water partition coefficient (Wildman–Crippen LogP) is 6.69. The smallest absolute Gasteiger partial charge is 0.328 e. The van der Waals surface area contributed by atoms with Crippen LogP contribution in [0.3, 0.4) is 0 Å². The van der Waals surface area contributed by atoms with Gasteiger partial charge in [-0.2, -0.15) is 23.5 Å². The molecule has 3 aromatic heterocycles. The van der Waals surface area contributed by atoms with E-state index in [0.29, 0.717) is 16.9 Å². The Morgan fingerprint density at radius 3 is 2.04 bits per heavy atom. The first-order valence-corrected chi connectivity index (χ1v) is 15.2. The second-order valence-electron chi connectivity index (χ2n) is 11.7. The highest BCUT2D eigenvalue weighted by Gasteiger charge is 2.33. The van der Waals surface area contributed by atoms with Crippen molar-refractivity contribution in [2.75, 3.05) is 0 Å². The van der Waals surface area contributed by atoms with Gasteiger partial charge in [0, 0.05) is 12.1 Å². The average Bonchev–Trinajstić information content (AvgIpc) is 3.67. The summed E-state index contributed by atoms with van der Waals surface area (Å²) in [6.07, 6.45) is 0.493. The number of nitrogens with zero attached hydrogens (tertiary/aromatic N) is 6.